The van der Waals surface area contributed by atoms with Crippen LogP contribution in [0.15, 0.2) is 0 Å². The smallest absolute Gasteiger partial charge is 0.300 e. The Hall–Kier alpha value is -0.210. The van der Waals surface area contributed by atoms with Gasteiger partial charge in [0.25, 0.3) is 0 Å². The van der Waals surface area contributed by atoms with Crippen molar-refractivity contribution >= 4 is 10.4 Å². The molecular formula is C6H14N2O4S. The lowest BCUT2D eigenvalue weighted by Crippen LogP contribution is -2.55. The van der Waals surface area contributed by atoms with E-state index in [4.69, 9.17) is 17.5 Å². The third-order valence-corrected chi connectivity index (χ3v) is 2.20. The predicted molar refractivity (Wildman–Crippen MR) is 47.1 cm³/mol. The molecule has 3 saturated heterocycles. The molecule has 0 radical (unpaired) electrons. The van der Waals surface area contributed by atoms with Crippen molar-refractivity contribution in [3.05, 3.63) is 0 Å². The van der Waals surface area contributed by atoms with E-state index in [1.165, 1.54) is 39.3 Å². The lowest BCUT2D eigenvalue weighted by Gasteiger charge is -2.41. The van der Waals surface area contributed by atoms with Crippen LogP contribution in [-0.4, -0.2) is 66.6 Å². The first-order valence-electron chi connectivity index (χ1n) is 4.10. The number of rotatable bonds is 0. The summed E-state index contributed by atoms with van der Waals surface area (Å²) < 4.78 is 31.6. The Kier molecular flexibility index (Phi) is 3.63. The highest BCUT2D eigenvalue weighted by Crippen LogP contribution is 2.06. The topological polar surface area (TPSA) is 81.1 Å². The van der Waals surface area contributed by atoms with Crippen LogP contribution in [0.1, 0.15) is 0 Å². The van der Waals surface area contributed by atoms with Crippen LogP contribution in [0, 0.1) is 0 Å². The molecule has 3 fully saturated rings. The Morgan fingerprint density at radius 3 is 1.00 bits per heavy atom. The summed E-state index contributed by atoms with van der Waals surface area (Å²) in [5.74, 6) is 0. The van der Waals surface area contributed by atoms with E-state index in [1.807, 2.05) is 0 Å². The van der Waals surface area contributed by atoms with Gasteiger partial charge in [0.15, 0.2) is 0 Å². The number of hydrogen-bond acceptors (Lipinski definition) is 4. The highest BCUT2D eigenvalue weighted by Gasteiger charge is 2.21. The highest BCUT2D eigenvalue weighted by molar-refractivity contribution is 7.79. The second-order valence-corrected chi connectivity index (χ2v) is 4.03. The van der Waals surface area contributed by atoms with Crippen molar-refractivity contribution in [2.45, 2.75) is 0 Å². The zero-order chi connectivity index (χ0) is 9.90. The van der Waals surface area contributed by atoms with E-state index in [1.54, 1.807) is 0 Å². The van der Waals surface area contributed by atoms with E-state index in [0.29, 0.717) is 0 Å². The maximum Gasteiger partial charge on any atom is 0.394 e. The molecule has 0 aromatic carbocycles. The van der Waals surface area contributed by atoms with Gasteiger partial charge in [-0.3, -0.25) is 18.9 Å². The Labute approximate surface area is 77.7 Å². The summed E-state index contributed by atoms with van der Waals surface area (Å²) in [4.78, 5) is 5.08. The van der Waals surface area contributed by atoms with Crippen LogP contribution in [0.25, 0.3) is 0 Å². The van der Waals surface area contributed by atoms with E-state index < -0.39 is 10.4 Å². The molecular weight excluding hydrogens is 196 g/mol. The number of hydrogen-bond donors (Lipinski definition) is 2. The summed E-state index contributed by atoms with van der Waals surface area (Å²) in [7, 11) is -4.67. The first-order valence-corrected chi connectivity index (χ1v) is 5.49. The molecule has 3 aliphatic heterocycles. The number of piperazine rings is 3. The molecule has 0 aromatic rings. The fourth-order valence-electron chi connectivity index (χ4n) is 1.52. The van der Waals surface area contributed by atoms with Crippen LogP contribution >= 0.6 is 0 Å². The first kappa shape index (κ1) is 10.9. The number of fused-ring (bicyclic) bond motifs is 3. The Bertz CT molecular complexity index is 214. The van der Waals surface area contributed by atoms with Crippen LogP contribution in [0.3, 0.4) is 0 Å². The Morgan fingerprint density at radius 1 is 0.769 bits per heavy atom. The average Bonchev–Trinajstić information content (AvgIpc) is 2.05. The molecule has 3 aliphatic rings. The van der Waals surface area contributed by atoms with Crippen LogP contribution in [0.2, 0.25) is 0 Å². The molecule has 3 rings (SSSR count). The zero-order valence-corrected chi connectivity index (χ0v) is 8.07. The number of nitrogens with zero attached hydrogens (tertiary/aromatic N) is 2. The predicted octanol–water partition coefficient (Wildman–Crippen LogP) is -1.04. The highest BCUT2D eigenvalue weighted by atomic mass is 32.3. The molecule has 0 saturated carbocycles. The minimum atomic E-state index is -4.67. The van der Waals surface area contributed by atoms with Crippen molar-refractivity contribution < 1.29 is 17.5 Å². The summed E-state index contributed by atoms with van der Waals surface area (Å²) in [5.41, 5.74) is 0. The maximum absolute atomic E-state index is 8.74. The van der Waals surface area contributed by atoms with Crippen molar-refractivity contribution in [1.29, 1.82) is 0 Å². The minimum Gasteiger partial charge on any atom is -0.300 e. The monoisotopic (exact) mass is 210 g/mol. The Morgan fingerprint density at radius 2 is 0.923 bits per heavy atom. The normalized spacial score (nSPS) is 32.2. The molecule has 0 amide bonds. The van der Waals surface area contributed by atoms with Gasteiger partial charge in [0, 0.05) is 39.3 Å². The molecule has 3 heterocycles. The maximum atomic E-state index is 8.74. The fraction of sp³-hybridized carbons (Fsp3) is 1.00. The van der Waals surface area contributed by atoms with E-state index in [-0.39, 0.29) is 0 Å². The second kappa shape index (κ2) is 4.34. The van der Waals surface area contributed by atoms with Crippen LogP contribution < -0.4 is 0 Å². The van der Waals surface area contributed by atoms with Crippen molar-refractivity contribution in [3.8, 4) is 0 Å². The van der Waals surface area contributed by atoms with Crippen LogP contribution in [-0.2, 0) is 10.4 Å². The van der Waals surface area contributed by atoms with Crippen LogP contribution in [0.4, 0.5) is 0 Å². The quantitative estimate of drug-likeness (QED) is 0.497. The van der Waals surface area contributed by atoms with Gasteiger partial charge in [0.2, 0.25) is 0 Å². The van der Waals surface area contributed by atoms with Gasteiger partial charge in [-0.1, -0.05) is 0 Å². The van der Waals surface area contributed by atoms with E-state index in [9.17, 15) is 0 Å². The molecule has 0 atom stereocenters. The summed E-state index contributed by atoms with van der Waals surface area (Å²) >= 11 is 0. The molecule has 0 aromatic heterocycles. The molecule has 0 aliphatic carbocycles. The molecule has 7 heteroatoms. The second-order valence-electron chi connectivity index (χ2n) is 3.13. The van der Waals surface area contributed by atoms with Gasteiger partial charge >= 0.3 is 10.4 Å². The fourth-order valence-corrected chi connectivity index (χ4v) is 1.52. The van der Waals surface area contributed by atoms with E-state index in [0.717, 1.165) is 0 Å². The van der Waals surface area contributed by atoms with Gasteiger partial charge in [-0.05, 0) is 0 Å². The molecule has 2 N–H and O–H groups in total. The average molecular weight is 210 g/mol. The van der Waals surface area contributed by atoms with Crippen molar-refractivity contribution in [3.63, 3.8) is 0 Å². The van der Waals surface area contributed by atoms with Crippen molar-refractivity contribution in [2.24, 2.45) is 0 Å². The van der Waals surface area contributed by atoms with E-state index in [2.05, 4.69) is 9.80 Å². The molecule has 6 nitrogen and oxygen atoms in total. The largest absolute Gasteiger partial charge is 0.394 e. The van der Waals surface area contributed by atoms with Gasteiger partial charge in [0.1, 0.15) is 0 Å². The summed E-state index contributed by atoms with van der Waals surface area (Å²) in [6.45, 7) is 7.92. The summed E-state index contributed by atoms with van der Waals surface area (Å²) in [6.07, 6.45) is 0. The van der Waals surface area contributed by atoms with Gasteiger partial charge < -0.3 is 0 Å². The molecule has 13 heavy (non-hydrogen) atoms. The first-order chi connectivity index (χ1) is 5.95. The van der Waals surface area contributed by atoms with Gasteiger partial charge in [0.05, 0.1) is 0 Å². The summed E-state index contributed by atoms with van der Waals surface area (Å²) in [6, 6.07) is 0. The van der Waals surface area contributed by atoms with Gasteiger partial charge in [-0.2, -0.15) is 8.42 Å². The van der Waals surface area contributed by atoms with Gasteiger partial charge in [-0.15, -0.1) is 0 Å². The SMILES string of the molecule is C1CN2CCN1CC2.O=S(=O)(O)O. The minimum absolute atomic E-state index is 1.32. The third kappa shape index (κ3) is 5.17. The lowest BCUT2D eigenvalue weighted by molar-refractivity contribution is 0.0647. The van der Waals surface area contributed by atoms with E-state index >= 15 is 0 Å². The standard InChI is InChI=1S/C6H12N2.H2O4S/c1-2-8-5-3-7(1)4-6-8;1-5(2,3)4/h1-6H2;(H2,1,2,3,4). The molecule has 2 bridgehead atoms. The molecule has 0 unspecified atom stereocenters. The van der Waals surface area contributed by atoms with Crippen LogP contribution in [0.5, 0.6) is 0 Å². The molecule has 78 valence electrons. The lowest BCUT2D eigenvalue weighted by atomic mass is 10.2. The van der Waals surface area contributed by atoms with Crippen molar-refractivity contribution in [2.75, 3.05) is 39.3 Å². The Balaban J connectivity index is 0.000000149. The zero-order valence-electron chi connectivity index (χ0n) is 7.26. The molecule has 0 spiro atoms. The third-order valence-electron chi connectivity index (χ3n) is 2.20. The summed E-state index contributed by atoms with van der Waals surface area (Å²) in [5, 5.41) is 0. The van der Waals surface area contributed by atoms with Gasteiger partial charge in [-0.25, -0.2) is 0 Å². The van der Waals surface area contributed by atoms with Crippen molar-refractivity contribution in [1.82, 2.24) is 9.80 Å².